The van der Waals surface area contributed by atoms with Crippen LogP contribution in [0, 0.1) is 0 Å². The van der Waals surface area contributed by atoms with Crippen LogP contribution in [0.2, 0.25) is 5.02 Å². The number of unbranched alkanes of at least 4 members (excludes halogenated alkanes) is 9. The van der Waals surface area contributed by atoms with Crippen LogP contribution in [0.15, 0.2) is 24.3 Å². The molecular formula is C31H46ClN5O3. The van der Waals surface area contributed by atoms with Gasteiger partial charge < -0.3 is 15.0 Å². The van der Waals surface area contributed by atoms with Crippen LogP contribution in [0.4, 0.5) is 5.69 Å². The molecule has 2 heterocycles. The van der Waals surface area contributed by atoms with E-state index in [2.05, 4.69) is 48.2 Å². The minimum atomic E-state index is -0.234. The first-order valence-electron chi connectivity index (χ1n) is 14.9. The number of benzene rings is 1. The predicted octanol–water partition coefficient (Wildman–Crippen LogP) is 8.25. The molecule has 0 radical (unpaired) electrons. The van der Waals surface area contributed by atoms with Crippen LogP contribution in [0.3, 0.4) is 0 Å². The third kappa shape index (κ3) is 9.95. The summed E-state index contributed by atoms with van der Waals surface area (Å²) in [7, 11) is 0. The molecule has 0 spiro atoms. The molecule has 2 N–H and O–H groups in total. The molecule has 0 aliphatic heterocycles. The van der Waals surface area contributed by atoms with Gasteiger partial charge in [-0.3, -0.25) is 9.59 Å². The highest BCUT2D eigenvalue weighted by Crippen LogP contribution is 2.32. The molecule has 0 fully saturated rings. The predicted molar refractivity (Wildman–Crippen MR) is 162 cm³/mol. The van der Waals surface area contributed by atoms with Crippen molar-refractivity contribution < 1.29 is 14.3 Å². The summed E-state index contributed by atoms with van der Waals surface area (Å²) in [6.07, 6.45) is 13.4. The van der Waals surface area contributed by atoms with Gasteiger partial charge in [0.25, 0.3) is 0 Å². The summed E-state index contributed by atoms with van der Waals surface area (Å²) in [4.78, 5) is 27.7. The van der Waals surface area contributed by atoms with Crippen molar-refractivity contribution in [1.82, 2.24) is 19.8 Å². The van der Waals surface area contributed by atoms with Crippen LogP contribution >= 0.6 is 11.6 Å². The number of anilines is 1. The Kier molecular flexibility index (Phi) is 12.5. The van der Waals surface area contributed by atoms with E-state index in [1.54, 1.807) is 0 Å². The van der Waals surface area contributed by atoms with E-state index in [0.29, 0.717) is 35.2 Å². The number of H-pyrrole nitrogens is 1. The Bertz CT molecular complexity index is 1230. The van der Waals surface area contributed by atoms with Crippen LogP contribution < -0.4 is 5.32 Å². The number of rotatable bonds is 17. The van der Waals surface area contributed by atoms with Gasteiger partial charge >= 0.3 is 5.97 Å². The third-order valence-electron chi connectivity index (χ3n) is 6.92. The second-order valence-corrected chi connectivity index (χ2v) is 12.0. The van der Waals surface area contributed by atoms with Crippen molar-refractivity contribution in [2.24, 2.45) is 0 Å². The molecule has 0 unspecified atom stereocenters. The van der Waals surface area contributed by atoms with Crippen molar-refractivity contribution in [3.8, 4) is 11.4 Å². The van der Waals surface area contributed by atoms with Crippen molar-refractivity contribution in [2.45, 2.75) is 117 Å². The van der Waals surface area contributed by atoms with Gasteiger partial charge in [-0.05, 0) is 25.0 Å². The van der Waals surface area contributed by atoms with Crippen LogP contribution in [0.5, 0.6) is 0 Å². The Morgan fingerprint density at radius 2 is 1.62 bits per heavy atom. The van der Waals surface area contributed by atoms with Crippen molar-refractivity contribution in [1.29, 1.82) is 0 Å². The van der Waals surface area contributed by atoms with E-state index in [0.717, 1.165) is 24.1 Å². The van der Waals surface area contributed by atoms with Crippen LogP contribution in [-0.2, 0) is 19.7 Å². The molecule has 3 aromatic rings. The van der Waals surface area contributed by atoms with E-state index in [-0.39, 0.29) is 30.1 Å². The maximum atomic E-state index is 12.5. The number of aromatic amines is 1. The second-order valence-electron chi connectivity index (χ2n) is 11.6. The van der Waals surface area contributed by atoms with Gasteiger partial charge in [-0.1, -0.05) is 109 Å². The number of aromatic nitrogens is 4. The Morgan fingerprint density at radius 3 is 2.27 bits per heavy atom. The fourth-order valence-corrected chi connectivity index (χ4v) is 5.06. The number of nitrogens with one attached hydrogen (secondary N) is 2. The number of amides is 1. The lowest BCUT2D eigenvalue weighted by atomic mass is 9.92. The van der Waals surface area contributed by atoms with E-state index in [1.165, 1.54) is 56.0 Å². The van der Waals surface area contributed by atoms with Gasteiger partial charge in [0.05, 0.1) is 12.3 Å². The average Bonchev–Trinajstić information content (AvgIpc) is 3.47. The van der Waals surface area contributed by atoms with Gasteiger partial charge in [0.1, 0.15) is 5.02 Å². The fourth-order valence-electron chi connectivity index (χ4n) is 4.62. The molecule has 2 aromatic heterocycles. The largest absolute Gasteiger partial charge is 0.466 e. The van der Waals surface area contributed by atoms with E-state index in [9.17, 15) is 9.59 Å². The molecule has 220 valence electrons. The Morgan fingerprint density at radius 1 is 0.950 bits per heavy atom. The quantitative estimate of drug-likeness (QED) is 0.125. The van der Waals surface area contributed by atoms with Crippen molar-refractivity contribution in [3.63, 3.8) is 0 Å². The molecular weight excluding hydrogens is 526 g/mol. The Hall–Kier alpha value is -2.87. The number of nitrogens with zero attached hydrogens (tertiary/aromatic N) is 3. The molecule has 9 heteroatoms. The van der Waals surface area contributed by atoms with E-state index in [1.807, 2.05) is 24.3 Å². The normalized spacial score (nSPS) is 11.7. The molecule has 0 aliphatic carbocycles. The molecule has 0 bridgehead atoms. The molecule has 8 nitrogen and oxygen atoms in total. The molecule has 1 amide bonds. The summed E-state index contributed by atoms with van der Waals surface area (Å²) in [5, 5.41) is 12.5. The number of halogens is 1. The van der Waals surface area contributed by atoms with E-state index in [4.69, 9.17) is 16.3 Å². The maximum absolute atomic E-state index is 12.5. The summed E-state index contributed by atoms with van der Waals surface area (Å²) in [6.45, 7) is 8.86. The van der Waals surface area contributed by atoms with Crippen LogP contribution in [0.1, 0.15) is 117 Å². The molecule has 0 atom stereocenters. The highest BCUT2D eigenvalue weighted by atomic mass is 35.5. The lowest BCUT2D eigenvalue weighted by molar-refractivity contribution is -0.143. The molecule has 0 saturated heterocycles. The first-order valence-corrected chi connectivity index (χ1v) is 15.3. The summed E-state index contributed by atoms with van der Waals surface area (Å²) >= 11 is 6.54. The first kappa shape index (κ1) is 31.7. The minimum Gasteiger partial charge on any atom is -0.466 e. The standard InChI is InChI=1S/C31H46ClN5O3/c1-5-6-7-8-9-10-11-12-13-14-21-40-26(39)20-16-19-25(38)33-24-18-15-17-23(22-24)29-34-30-27(32)28(31(2,3)4)35-37(30)36-29/h15,17-18,22H,5-14,16,19-21H2,1-4H3,(H,33,38)(H,34,36). The Labute approximate surface area is 243 Å². The maximum Gasteiger partial charge on any atom is 0.305 e. The highest BCUT2D eigenvalue weighted by molar-refractivity contribution is 6.34. The van der Waals surface area contributed by atoms with Gasteiger partial charge in [0, 0.05) is 29.5 Å². The first-order chi connectivity index (χ1) is 19.2. The zero-order valence-corrected chi connectivity index (χ0v) is 25.4. The van der Waals surface area contributed by atoms with Gasteiger partial charge in [0.15, 0.2) is 11.5 Å². The number of hydrogen-bond donors (Lipinski definition) is 2. The van der Waals surface area contributed by atoms with Gasteiger partial charge in [-0.2, -0.15) is 5.10 Å². The van der Waals surface area contributed by atoms with Crippen molar-refractivity contribution in [3.05, 3.63) is 35.0 Å². The molecule has 3 rings (SSSR count). The minimum absolute atomic E-state index is 0.147. The summed E-state index contributed by atoms with van der Waals surface area (Å²) in [5.74, 6) is 0.222. The van der Waals surface area contributed by atoms with E-state index >= 15 is 0 Å². The average molecular weight is 572 g/mol. The van der Waals surface area contributed by atoms with Gasteiger partial charge in [-0.15, -0.1) is 9.73 Å². The monoisotopic (exact) mass is 571 g/mol. The summed E-state index contributed by atoms with van der Waals surface area (Å²) < 4.78 is 6.85. The summed E-state index contributed by atoms with van der Waals surface area (Å²) in [6, 6.07) is 7.41. The fraction of sp³-hybridized carbons (Fsp3) is 0.613. The SMILES string of the molecule is CCCCCCCCCCCCOC(=O)CCCC(=O)Nc1cccc(-c2nn3nc(C(C)(C)C)c(Cl)c3[nH]2)c1. The smallest absolute Gasteiger partial charge is 0.305 e. The molecule has 0 aliphatic rings. The van der Waals surface area contributed by atoms with E-state index < -0.39 is 0 Å². The molecule has 0 saturated carbocycles. The lowest BCUT2D eigenvalue weighted by Gasteiger charge is -2.14. The molecule has 1 aromatic carbocycles. The number of ether oxygens (including phenoxy) is 1. The van der Waals surface area contributed by atoms with Gasteiger partial charge in [0.2, 0.25) is 5.91 Å². The Balaban J connectivity index is 1.33. The van der Waals surface area contributed by atoms with Crippen molar-refractivity contribution >= 4 is 34.8 Å². The lowest BCUT2D eigenvalue weighted by Crippen LogP contribution is -2.13. The number of esters is 1. The third-order valence-corrected chi connectivity index (χ3v) is 7.28. The van der Waals surface area contributed by atoms with Crippen LogP contribution in [0.25, 0.3) is 17.0 Å². The van der Waals surface area contributed by atoms with Crippen molar-refractivity contribution in [2.75, 3.05) is 11.9 Å². The number of hydrogen-bond acceptors (Lipinski definition) is 5. The van der Waals surface area contributed by atoms with Gasteiger partial charge in [-0.25, -0.2) is 0 Å². The van der Waals surface area contributed by atoms with Crippen LogP contribution in [-0.4, -0.2) is 38.3 Å². The number of carbonyl (C=O) groups excluding carboxylic acids is 2. The highest BCUT2D eigenvalue weighted by Gasteiger charge is 2.25. The zero-order chi connectivity index (χ0) is 29.0. The second kappa shape index (κ2) is 15.8. The number of fused-ring (bicyclic) bond motifs is 1. The zero-order valence-electron chi connectivity index (χ0n) is 24.7. The number of carbonyl (C=O) groups is 2. The topological polar surface area (TPSA) is 101 Å². The summed E-state index contributed by atoms with van der Waals surface area (Å²) in [5.41, 5.74) is 2.67. The molecule has 40 heavy (non-hydrogen) atoms.